The van der Waals surface area contributed by atoms with Gasteiger partial charge in [-0.1, -0.05) is 25.7 Å². The molecule has 0 bridgehead atoms. The van der Waals surface area contributed by atoms with Gasteiger partial charge in [-0.25, -0.2) is 0 Å². The summed E-state index contributed by atoms with van der Waals surface area (Å²) in [7, 11) is 0. The molecule has 1 heterocycles. The molecule has 0 aliphatic carbocycles. The van der Waals surface area contributed by atoms with E-state index in [2.05, 4.69) is 30.6 Å². The van der Waals surface area contributed by atoms with Crippen molar-refractivity contribution in [3.8, 4) is 11.8 Å². The highest BCUT2D eigenvalue weighted by atomic mass is 16.2. The summed E-state index contributed by atoms with van der Waals surface area (Å²) in [5, 5.41) is 0. The highest BCUT2D eigenvalue weighted by Gasteiger charge is 2.18. The molecule has 1 rings (SSSR count). The third-order valence-corrected chi connectivity index (χ3v) is 2.76. The first kappa shape index (κ1) is 12.1. The SMILES string of the molecule is CCN(CC)CC#CCN1CCCC1=O. The van der Waals surface area contributed by atoms with E-state index in [4.69, 9.17) is 0 Å². The number of carbonyl (C=O) groups excluding carboxylic acids is 1. The van der Waals surface area contributed by atoms with Gasteiger partial charge in [0.2, 0.25) is 5.91 Å². The van der Waals surface area contributed by atoms with Crippen molar-refractivity contribution in [2.75, 3.05) is 32.7 Å². The van der Waals surface area contributed by atoms with Crippen LogP contribution in [-0.4, -0.2) is 48.4 Å². The van der Waals surface area contributed by atoms with Crippen LogP contribution < -0.4 is 0 Å². The van der Waals surface area contributed by atoms with Gasteiger partial charge < -0.3 is 4.90 Å². The smallest absolute Gasteiger partial charge is 0.223 e. The Balaban J connectivity index is 2.24. The van der Waals surface area contributed by atoms with E-state index in [9.17, 15) is 4.79 Å². The van der Waals surface area contributed by atoms with E-state index in [1.165, 1.54) is 0 Å². The molecule has 0 unspecified atom stereocenters. The van der Waals surface area contributed by atoms with E-state index in [1.54, 1.807) is 0 Å². The zero-order valence-corrected chi connectivity index (χ0v) is 9.75. The number of nitrogens with zero attached hydrogens (tertiary/aromatic N) is 2. The van der Waals surface area contributed by atoms with Crippen LogP contribution in [-0.2, 0) is 4.79 Å². The zero-order valence-electron chi connectivity index (χ0n) is 9.75. The molecule has 0 aromatic rings. The van der Waals surface area contributed by atoms with Gasteiger partial charge >= 0.3 is 0 Å². The predicted molar refractivity (Wildman–Crippen MR) is 61.4 cm³/mol. The Bertz CT molecular complexity index is 261. The number of hydrogen-bond acceptors (Lipinski definition) is 2. The molecule has 1 amide bonds. The molecular formula is C12H20N2O. The molecule has 1 saturated heterocycles. The van der Waals surface area contributed by atoms with Gasteiger partial charge in [-0.3, -0.25) is 9.69 Å². The van der Waals surface area contributed by atoms with Crippen molar-refractivity contribution in [3.05, 3.63) is 0 Å². The molecular weight excluding hydrogens is 188 g/mol. The molecule has 0 aromatic heterocycles. The van der Waals surface area contributed by atoms with E-state index >= 15 is 0 Å². The van der Waals surface area contributed by atoms with Crippen molar-refractivity contribution >= 4 is 5.91 Å². The van der Waals surface area contributed by atoms with Crippen molar-refractivity contribution in [2.45, 2.75) is 26.7 Å². The zero-order chi connectivity index (χ0) is 11.1. The Morgan fingerprint density at radius 1 is 1.33 bits per heavy atom. The summed E-state index contributed by atoms with van der Waals surface area (Å²) in [4.78, 5) is 15.4. The standard InChI is InChI=1S/C12H20N2O/c1-3-13(4-2)9-5-6-10-14-11-7-8-12(14)15/h3-4,7-11H2,1-2H3. The van der Waals surface area contributed by atoms with Gasteiger partial charge in [-0.2, -0.15) is 0 Å². The number of rotatable bonds is 4. The fraction of sp³-hybridized carbons (Fsp3) is 0.750. The normalized spacial score (nSPS) is 15.7. The molecule has 0 atom stereocenters. The van der Waals surface area contributed by atoms with Crippen LogP contribution in [0.3, 0.4) is 0 Å². The minimum atomic E-state index is 0.257. The van der Waals surface area contributed by atoms with Crippen molar-refractivity contribution in [2.24, 2.45) is 0 Å². The molecule has 1 aliphatic heterocycles. The van der Waals surface area contributed by atoms with Gasteiger partial charge in [0.15, 0.2) is 0 Å². The summed E-state index contributed by atoms with van der Waals surface area (Å²) in [6, 6.07) is 0. The number of hydrogen-bond donors (Lipinski definition) is 0. The monoisotopic (exact) mass is 208 g/mol. The first-order valence-corrected chi connectivity index (χ1v) is 5.73. The molecule has 3 heteroatoms. The van der Waals surface area contributed by atoms with Crippen LogP contribution >= 0.6 is 0 Å². The fourth-order valence-corrected chi connectivity index (χ4v) is 1.64. The highest BCUT2D eigenvalue weighted by Crippen LogP contribution is 2.07. The Morgan fingerprint density at radius 3 is 2.60 bits per heavy atom. The molecule has 3 nitrogen and oxygen atoms in total. The maximum atomic E-state index is 11.3. The molecule has 1 fully saturated rings. The van der Waals surface area contributed by atoms with Gasteiger partial charge in [0.1, 0.15) is 0 Å². The number of carbonyl (C=O) groups is 1. The van der Waals surface area contributed by atoms with Crippen LogP contribution in [0.1, 0.15) is 26.7 Å². The Morgan fingerprint density at radius 2 is 2.07 bits per heavy atom. The van der Waals surface area contributed by atoms with Crippen LogP contribution in [0.15, 0.2) is 0 Å². The second kappa shape index (κ2) is 6.47. The van der Waals surface area contributed by atoms with Gasteiger partial charge in [0, 0.05) is 13.0 Å². The van der Waals surface area contributed by atoms with Gasteiger partial charge in [-0.05, 0) is 19.5 Å². The average Bonchev–Trinajstić information content (AvgIpc) is 2.65. The average molecular weight is 208 g/mol. The molecule has 1 aliphatic rings. The molecule has 0 spiro atoms. The first-order valence-electron chi connectivity index (χ1n) is 5.73. The molecule has 15 heavy (non-hydrogen) atoms. The lowest BCUT2D eigenvalue weighted by atomic mass is 10.4. The van der Waals surface area contributed by atoms with Gasteiger partial charge in [0.05, 0.1) is 13.1 Å². The summed E-state index contributed by atoms with van der Waals surface area (Å²) in [6.45, 7) is 8.65. The van der Waals surface area contributed by atoms with Gasteiger partial charge in [0.25, 0.3) is 0 Å². The summed E-state index contributed by atoms with van der Waals surface area (Å²) in [5.41, 5.74) is 0. The van der Waals surface area contributed by atoms with Gasteiger partial charge in [-0.15, -0.1) is 0 Å². The third kappa shape index (κ3) is 3.93. The van der Waals surface area contributed by atoms with Crippen LogP contribution in [0.4, 0.5) is 0 Å². The summed E-state index contributed by atoms with van der Waals surface area (Å²) < 4.78 is 0. The fourth-order valence-electron chi connectivity index (χ4n) is 1.64. The largest absolute Gasteiger partial charge is 0.332 e. The predicted octanol–water partition coefficient (Wildman–Crippen LogP) is 0.954. The Labute approximate surface area is 92.4 Å². The van der Waals surface area contributed by atoms with E-state index < -0.39 is 0 Å². The topological polar surface area (TPSA) is 23.6 Å². The van der Waals surface area contributed by atoms with E-state index in [0.717, 1.165) is 32.6 Å². The van der Waals surface area contributed by atoms with Crippen molar-refractivity contribution < 1.29 is 4.79 Å². The second-order valence-corrected chi connectivity index (χ2v) is 3.73. The van der Waals surface area contributed by atoms with E-state index in [1.807, 2.05) is 4.90 Å². The lowest BCUT2D eigenvalue weighted by Crippen LogP contribution is -2.25. The van der Waals surface area contributed by atoms with Crippen LogP contribution in [0.2, 0.25) is 0 Å². The molecule has 84 valence electrons. The maximum Gasteiger partial charge on any atom is 0.223 e. The molecule has 0 N–H and O–H groups in total. The Kier molecular flexibility index (Phi) is 5.20. The summed E-state index contributed by atoms with van der Waals surface area (Å²) >= 11 is 0. The highest BCUT2D eigenvalue weighted by molar-refractivity contribution is 5.78. The van der Waals surface area contributed by atoms with Crippen LogP contribution in [0.5, 0.6) is 0 Å². The van der Waals surface area contributed by atoms with Crippen LogP contribution in [0, 0.1) is 11.8 Å². The minimum Gasteiger partial charge on any atom is -0.332 e. The van der Waals surface area contributed by atoms with E-state index in [-0.39, 0.29) is 5.91 Å². The lowest BCUT2D eigenvalue weighted by Gasteiger charge is -2.14. The lowest BCUT2D eigenvalue weighted by molar-refractivity contribution is -0.127. The first-order chi connectivity index (χ1) is 7.27. The summed E-state index contributed by atoms with van der Waals surface area (Å²) in [5.74, 6) is 6.44. The molecule has 0 saturated carbocycles. The third-order valence-electron chi connectivity index (χ3n) is 2.76. The van der Waals surface area contributed by atoms with E-state index in [0.29, 0.717) is 13.0 Å². The van der Waals surface area contributed by atoms with Crippen molar-refractivity contribution in [3.63, 3.8) is 0 Å². The quantitative estimate of drug-likeness (QED) is 0.642. The number of likely N-dealkylation sites (tertiary alicyclic amines) is 1. The second-order valence-electron chi connectivity index (χ2n) is 3.73. The number of amides is 1. The van der Waals surface area contributed by atoms with Crippen LogP contribution in [0.25, 0.3) is 0 Å². The van der Waals surface area contributed by atoms with Crippen molar-refractivity contribution in [1.29, 1.82) is 0 Å². The maximum absolute atomic E-state index is 11.3. The molecule has 0 aromatic carbocycles. The Hall–Kier alpha value is -1.01. The summed E-state index contributed by atoms with van der Waals surface area (Å²) in [6.07, 6.45) is 1.70. The minimum absolute atomic E-state index is 0.257. The molecule has 0 radical (unpaired) electrons. The van der Waals surface area contributed by atoms with Crippen molar-refractivity contribution in [1.82, 2.24) is 9.80 Å².